The van der Waals surface area contributed by atoms with Gasteiger partial charge in [-0.25, -0.2) is 0 Å². The Bertz CT molecular complexity index is 924. The first-order valence-corrected chi connectivity index (χ1v) is 10.2. The van der Waals surface area contributed by atoms with Crippen molar-refractivity contribution in [3.05, 3.63) is 54.1 Å². The van der Waals surface area contributed by atoms with Gasteiger partial charge >= 0.3 is 0 Å². The van der Waals surface area contributed by atoms with Crippen LogP contribution in [0, 0.1) is 0 Å². The van der Waals surface area contributed by atoms with Crippen molar-refractivity contribution in [2.24, 2.45) is 0 Å². The van der Waals surface area contributed by atoms with Gasteiger partial charge in [0.2, 0.25) is 5.91 Å². The van der Waals surface area contributed by atoms with Crippen LogP contribution in [0.4, 0.5) is 11.4 Å². The van der Waals surface area contributed by atoms with Crippen LogP contribution in [0.25, 0.3) is 0 Å². The van der Waals surface area contributed by atoms with Crippen LogP contribution in [0.1, 0.15) is 37.0 Å². The van der Waals surface area contributed by atoms with Gasteiger partial charge in [-0.15, -0.1) is 0 Å². The van der Waals surface area contributed by atoms with Gasteiger partial charge in [-0.1, -0.05) is 12.1 Å². The number of benzene rings is 2. The first-order valence-electron chi connectivity index (χ1n) is 10.2. The molecule has 0 aromatic heterocycles. The second-order valence-corrected chi connectivity index (χ2v) is 7.04. The number of carbonyl (C=O) groups excluding carboxylic acids is 3. The molecule has 3 rings (SSSR count). The van der Waals surface area contributed by atoms with Gasteiger partial charge in [0.15, 0.2) is 6.61 Å². The van der Waals surface area contributed by atoms with Crippen LogP contribution < -0.4 is 15.0 Å². The molecule has 0 atom stereocenters. The molecular formula is C23H27N3O4. The van der Waals surface area contributed by atoms with Crippen molar-refractivity contribution < 1.29 is 19.1 Å². The van der Waals surface area contributed by atoms with Crippen LogP contribution >= 0.6 is 0 Å². The maximum atomic E-state index is 12.5. The average molecular weight is 409 g/mol. The Morgan fingerprint density at radius 2 is 1.87 bits per heavy atom. The predicted octanol–water partition coefficient (Wildman–Crippen LogP) is 3.31. The molecule has 0 saturated carbocycles. The molecule has 30 heavy (non-hydrogen) atoms. The number of carbonyl (C=O) groups is 3. The van der Waals surface area contributed by atoms with Crippen LogP contribution in [-0.4, -0.2) is 48.9 Å². The van der Waals surface area contributed by atoms with Crippen LogP contribution in [-0.2, 0) is 9.59 Å². The number of nitrogens with one attached hydrogen (secondary N) is 1. The molecule has 0 spiro atoms. The van der Waals surface area contributed by atoms with E-state index in [1.54, 1.807) is 52.3 Å². The van der Waals surface area contributed by atoms with Gasteiger partial charge in [0.05, 0.1) is 0 Å². The quantitative estimate of drug-likeness (QED) is 0.726. The molecule has 0 radical (unpaired) electrons. The van der Waals surface area contributed by atoms with Crippen LogP contribution in [0.2, 0.25) is 0 Å². The van der Waals surface area contributed by atoms with Crippen LogP contribution in [0.3, 0.4) is 0 Å². The summed E-state index contributed by atoms with van der Waals surface area (Å²) in [5.41, 5.74) is 1.84. The third-order valence-electron chi connectivity index (χ3n) is 5.02. The number of hydrogen-bond acceptors (Lipinski definition) is 4. The summed E-state index contributed by atoms with van der Waals surface area (Å²) in [6.45, 7) is 5.64. The van der Waals surface area contributed by atoms with E-state index in [9.17, 15) is 14.4 Å². The molecule has 1 aliphatic heterocycles. The highest BCUT2D eigenvalue weighted by atomic mass is 16.5. The normalized spacial score (nSPS) is 13.3. The lowest BCUT2D eigenvalue weighted by molar-refractivity contribution is -0.118. The lowest BCUT2D eigenvalue weighted by Crippen LogP contribution is -2.30. The molecule has 1 saturated heterocycles. The third kappa shape index (κ3) is 5.17. The number of rotatable bonds is 8. The van der Waals surface area contributed by atoms with E-state index in [1.165, 1.54) is 0 Å². The Morgan fingerprint density at radius 3 is 2.57 bits per heavy atom. The Hall–Kier alpha value is -3.35. The highest BCUT2D eigenvalue weighted by Gasteiger charge is 2.22. The monoisotopic (exact) mass is 409 g/mol. The number of ether oxygens (including phenoxy) is 1. The van der Waals surface area contributed by atoms with Crippen LogP contribution in [0.15, 0.2) is 48.5 Å². The smallest absolute Gasteiger partial charge is 0.262 e. The van der Waals surface area contributed by atoms with Crippen molar-refractivity contribution in [1.82, 2.24) is 4.90 Å². The molecule has 0 bridgehead atoms. The molecule has 0 aliphatic carbocycles. The van der Waals surface area contributed by atoms with E-state index in [0.717, 1.165) is 12.1 Å². The SMILES string of the molecule is CCN(CC)C(=O)c1cccc(NC(=O)COc2cccc(N3CCCC3=O)c2)c1. The fourth-order valence-electron chi connectivity index (χ4n) is 3.43. The van der Waals surface area contributed by atoms with Crippen molar-refractivity contribution in [1.29, 1.82) is 0 Å². The zero-order chi connectivity index (χ0) is 21.5. The highest BCUT2D eigenvalue weighted by molar-refractivity contribution is 5.97. The number of anilines is 2. The topological polar surface area (TPSA) is 79.0 Å². The molecule has 7 nitrogen and oxygen atoms in total. The summed E-state index contributed by atoms with van der Waals surface area (Å²) in [6.07, 6.45) is 1.41. The highest BCUT2D eigenvalue weighted by Crippen LogP contribution is 2.25. The van der Waals surface area contributed by atoms with Gasteiger partial charge in [0, 0.05) is 49.1 Å². The van der Waals surface area contributed by atoms with E-state index in [4.69, 9.17) is 4.74 Å². The lowest BCUT2D eigenvalue weighted by atomic mass is 10.1. The van der Waals surface area contributed by atoms with Gasteiger partial charge in [0.1, 0.15) is 5.75 Å². The minimum absolute atomic E-state index is 0.0689. The summed E-state index contributed by atoms with van der Waals surface area (Å²) in [7, 11) is 0. The summed E-state index contributed by atoms with van der Waals surface area (Å²) >= 11 is 0. The van der Waals surface area contributed by atoms with Gasteiger partial charge in [-0.2, -0.15) is 0 Å². The largest absolute Gasteiger partial charge is 0.484 e. The van der Waals surface area contributed by atoms with E-state index in [0.29, 0.717) is 43.1 Å². The van der Waals surface area contributed by atoms with Crippen molar-refractivity contribution in [2.75, 3.05) is 36.5 Å². The zero-order valence-corrected chi connectivity index (χ0v) is 17.4. The van der Waals surface area contributed by atoms with Crippen molar-refractivity contribution >= 4 is 29.1 Å². The van der Waals surface area contributed by atoms with Crippen molar-refractivity contribution in [3.63, 3.8) is 0 Å². The molecule has 0 unspecified atom stereocenters. The minimum Gasteiger partial charge on any atom is -0.484 e. The van der Waals surface area contributed by atoms with E-state index in [-0.39, 0.29) is 24.3 Å². The van der Waals surface area contributed by atoms with Crippen molar-refractivity contribution in [2.45, 2.75) is 26.7 Å². The minimum atomic E-state index is -0.329. The van der Waals surface area contributed by atoms with E-state index >= 15 is 0 Å². The van der Waals surface area contributed by atoms with Gasteiger partial charge < -0.3 is 19.9 Å². The van der Waals surface area contributed by atoms with E-state index in [2.05, 4.69) is 5.32 Å². The van der Waals surface area contributed by atoms with E-state index < -0.39 is 0 Å². The number of nitrogens with zero attached hydrogens (tertiary/aromatic N) is 2. The maximum Gasteiger partial charge on any atom is 0.262 e. The second kappa shape index (κ2) is 9.91. The number of hydrogen-bond donors (Lipinski definition) is 1. The summed E-state index contributed by atoms with van der Waals surface area (Å²) in [5, 5.41) is 2.76. The lowest BCUT2D eigenvalue weighted by Gasteiger charge is -2.19. The molecule has 7 heteroatoms. The molecule has 3 amide bonds. The average Bonchev–Trinajstić information content (AvgIpc) is 3.19. The fourth-order valence-corrected chi connectivity index (χ4v) is 3.43. The standard InChI is InChI=1S/C23H27N3O4/c1-3-25(4-2)23(29)17-8-5-9-18(14-17)24-21(27)16-30-20-11-6-10-19(15-20)26-13-7-12-22(26)28/h5-6,8-11,14-15H,3-4,7,12-13,16H2,1-2H3,(H,24,27). The van der Waals surface area contributed by atoms with Crippen LogP contribution in [0.5, 0.6) is 5.75 Å². The third-order valence-corrected chi connectivity index (χ3v) is 5.02. The molecule has 1 fully saturated rings. The summed E-state index contributed by atoms with van der Waals surface area (Å²) in [4.78, 5) is 40.1. The molecule has 1 aliphatic rings. The Balaban J connectivity index is 1.58. The molecule has 2 aromatic rings. The molecule has 1 heterocycles. The molecular weight excluding hydrogens is 382 g/mol. The first-order chi connectivity index (χ1) is 14.5. The molecule has 158 valence electrons. The van der Waals surface area contributed by atoms with Crippen molar-refractivity contribution in [3.8, 4) is 5.75 Å². The summed E-state index contributed by atoms with van der Waals surface area (Å²) < 4.78 is 5.60. The first kappa shape index (κ1) is 21.4. The summed E-state index contributed by atoms with van der Waals surface area (Å²) in [5.74, 6) is 0.225. The Morgan fingerprint density at radius 1 is 1.10 bits per heavy atom. The second-order valence-electron chi connectivity index (χ2n) is 7.04. The Labute approximate surface area is 176 Å². The number of amides is 3. The Kier molecular flexibility index (Phi) is 7.06. The molecule has 1 N–H and O–H groups in total. The fraction of sp³-hybridized carbons (Fsp3) is 0.348. The predicted molar refractivity (Wildman–Crippen MR) is 116 cm³/mol. The molecule has 2 aromatic carbocycles. The van der Waals surface area contributed by atoms with E-state index in [1.807, 2.05) is 19.9 Å². The van der Waals surface area contributed by atoms with Gasteiger partial charge in [-0.3, -0.25) is 14.4 Å². The zero-order valence-electron chi connectivity index (χ0n) is 17.4. The van der Waals surface area contributed by atoms with Gasteiger partial charge in [0.25, 0.3) is 11.8 Å². The maximum absolute atomic E-state index is 12.5. The van der Waals surface area contributed by atoms with Gasteiger partial charge in [-0.05, 0) is 50.6 Å². The summed E-state index contributed by atoms with van der Waals surface area (Å²) in [6, 6.07) is 14.0.